The number of fused-ring (bicyclic) bond motifs is 3. The van der Waals surface area contributed by atoms with Gasteiger partial charge in [0.1, 0.15) is 6.61 Å². The summed E-state index contributed by atoms with van der Waals surface area (Å²) in [5.74, 6) is -1.09. The normalized spacial score (nSPS) is 13.1. The Hall–Kier alpha value is -3.35. The molecule has 2 aromatic rings. The predicted molar refractivity (Wildman–Crippen MR) is 135 cm³/mol. The van der Waals surface area contributed by atoms with E-state index in [4.69, 9.17) is 9.84 Å². The zero-order valence-electron chi connectivity index (χ0n) is 21.3. The van der Waals surface area contributed by atoms with Gasteiger partial charge in [0.2, 0.25) is 5.91 Å². The maximum Gasteiger partial charge on any atom is 0.407 e. The molecule has 0 atom stereocenters. The van der Waals surface area contributed by atoms with Crippen LogP contribution in [-0.2, 0) is 14.3 Å². The van der Waals surface area contributed by atoms with Crippen LogP contribution >= 0.6 is 0 Å². The SMILES string of the molecule is CC(C)(CCNC(=O)OCC1c2ccccc2-c2ccccc21)C(=O)N(CCC(=O)O)C(C)(C)C. The second kappa shape index (κ2) is 10.5. The average Bonchev–Trinajstić information content (AvgIpc) is 3.10. The lowest BCUT2D eigenvalue weighted by Crippen LogP contribution is -2.52. The van der Waals surface area contributed by atoms with Crippen molar-refractivity contribution in [1.29, 1.82) is 0 Å². The summed E-state index contributed by atoms with van der Waals surface area (Å²) in [6.07, 6.45) is -0.235. The molecule has 0 heterocycles. The molecular formula is C28H36N2O5. The number of alkyl carbamates (subject to hydrolysis) is 1. The van der Waals surface area contributed by atoms with Gasteiger partial charge in [0, 0.05) is 30.0 Å². The number of nitrogens with one attached hydrogen (secondary N) is 1. The van der Waals surface area contributed by atoms with Gasteiger partial charge in [-0.3, -0.25) is 9.59 Å². The fourth-order valence-corrected chi connectivity index (χ4v) is 4.55. The van der Waals surface area contributed by atoms with E-state index < -0.39 is 23.0 Å². The van der Waals surface area contributed by atoms with Crippen molar-refractivity contribution >= 4 is 18.0 Å². The molecule has 1 aliphatic rings. The Morgan fingerprint density at radius 3 is 2.00 bits per heavy atom. The predicted octanol–water partition coefficient (Wildman–Crippen LogP) is 5.04. The maximum absolute atomic E-state index is 13.2. The molecule has 0 radical (unpaired) electrons. The molecule has 0 bridgehead atoms. The number of ether oxygens (including phenoxy) is 1. The number of rotatable bonds is 9. The summed E-state index contributed by atoms with van der Waals surface area (Å²) in [7, 11) is 0. The number of hydrogen-bond donors (Lipinski definition) is 2. The Labute approximate surface area is 207 Å². The quantitative estimate of drug-likeness (QED) is 0.524. The van der Waals surface area contributed by atoms with Gasteiger partial charge in [0.15, 0.2) is 0 Å². The van der Waals surface area contributed by atoms with Crippen LogP contribution < -0.4 is 5.32 Å². The largest absolute Gasteiger partial charge is 0.481 e. The molecule has 7 heteroatoms. The zero-order valence-corrected chi connectivity index (χ0v) is 21.3. The molecule has 2 amide bonds. The lowest BCUT2D eigenvalue weighted by atomic mass is 9.85. The minimum Gasteiger partial charge on any atom is -0.481 e. The van der Waals surface area contributed by atoms with Crippen molar-refractivity contribution < 1.29 is 24.2 Å². The standard InChI is InChI=1S/C28H36N2O5/c1-27(2,3)30(17-14-24(31)32)25(33)28(4,5)15-16-29-26(34)35-18-23-21-12-8-6-10-19(21)20-11-7-9-13-22(20)23/h6-13,23H,14-18H2,1-5H3,(H,29,34)(H,31,32). The van der Waals surface area contributed by atoms with Gasteiger partial charge in [-0.2, -0.15) is 0 Å². The van der Waals surface area contributed by atoms with Crippen LogP contribution in [0.25, 0.3) is 11.1 Å². The number of carbonyl (C=O) groups is 3. The van der Waals surface area contributed by atoms with Crippen molar-refractivity contribution in [2.24, 2.45) is 5.41 Å². The van der Waals surface area contributed by atoms with E-state index >= 15 is 0 Å². The van der Waals surface area contributed by atoms with E-state index in [9.17, 15) is 14.4 Å². The summed E-state index contributed by atoms with van der Waals surface area (Å²) in [6.45, 7) is 9.93. The van der Waals surface area contributed by atoms with Crippen molar-refractivity contribution in [2.45, 2.75) is 58.9 Å². The summed E-state index contributed by atoms with van der Waals surface area (Å²) in [4.78, 5) is 38.3. The van der Waals surface area contributed by atoms with Crippen LogP contribution in [0.2, 0.25) is 0 Å². The molecule has 2 N–H and O–H groups in total. The molecule has 1 aliphatic carbocycles. The lowest BCUT2D eigenvalue weighted by Gasteiger charge is -2.40. The summed E-state index contributed by atoms with van der Waals surface area (Å²) >= 11 is 0. The highest BCUT2D eigenvalue weighted by molar-refractivity contribution is 5.83. The molecule has 3 rings (SSSR count). The molecule has 0 spiro atoms. The highest BCUT2D eigenvalue weighted by atomic mass is 16.5. The van der Waals surface area contributed by atoms with Crippen LogP contribution in [0.3, 0.4) is 0 Å². The number of nitrogens with zero attached hydrogens (tertiary/aromatic N) is 1. The van der Waals surface area contributed by atoms with E-state index in [0.717, 1.165) is 11.1 Å². The Balaban J connectivity index is 1.54. The molecular weight excluding hydrogens is 444 g/mol. The van der Waals surface area contributed by atoms with Crippen LogP contribution in [-0.4, -0.2) is 53.2 Å². The van der Waals surface area contributed by atoms with Crippen molar-refractivity contribution in [3.8, 4) is 11.1 Å². The van der Waals surface area contributed by atoms with E-state index in [1.54, 1.807) is 4.90 Å². The summed E-state index contributed by atoms with van der Waals surface area (Å²) in [5.41, 5.74) is 3.35. The van der Waals surface area contributed by atoms with Crippen molar-refractivity contribution in [3.63, 3.8) is 0 Å². The Morgan fingerprint density at radius 1 is 0.943 bits per heavy atom. The van der Waals surface area contributed by atoms with Gasteiger partial charge in [-0.05, 0) is 49.4 Å². The Morgan fingerprint density at radius 2 is 1.49 bits per heavy atom. The van der Waals surface area contributed by atoms with Crippen molar-refractivity contribution in [1.82, 2.24) is 10.2 Å². The number of aliphatic carboxylic acids is 1. The second-order valence-corrected chi connectivity index (χ2v) is 10.7. The highest BCUT2D eigenvalue weighted by Gasteiger charge is 2.37. The minimum absolute atomic E-state index is 0.0132. The van der Waals surface area contributed by atoms with Crippen LogP contribution in [0, 0.1) is 5.41 Å². The van der Waals surface area contributed by atoms with E-state index in [2.05, 4.69) is 29.6 Å². The van der Waals surface area contributed by atoms with Crippen molar-refractivity contribution in [3.05, 3.63) is 59.7 Å². The fraction of sp³-hybridized carbons (Fsp3) is 0.464. The third kappa shape index (κ3) is 6.21. The van der Waals surface area contributed by atoms with Gasteiger partial charge in [0.05, 0.1) is 6.42 Å². The summed E-state index contributed by atoms with van der Waals surface area (Å²) in [5, 5.41) is 11.8. The number of amides is 2. The topological polar surface area (TPSA) is 95.9 Å². The Kier molecular flexibility index (Phi) is 7.88. The summed E-state index contributed by atoms with van der Waals surface area (Å²) in [6, 6.07) is 16.3. The summed E-state index contributed by atoms with van der Waals surface area (Å²) < 4.78 is 5.57. The number of carboxylic acid groups (broad SMARTS) is 1. The van der Waals surface area contributed by atoms with Crippen LogP contribution in [0.15, 0.2) is 48.5 Å². The molecule has 0 saturated carbocycles. The highest BCUT2D eigenvalue weighted by Crippen LogP contribution is 2.44. The number of benzene rings is 2. The van der Waals surface area contributed by atoms with Gasteiger partial charge < -0.3 is 20.1 Å². The third-order valence-corrected chi connectivity index (χ3v) is 6.55. The average molecular weight is 481 g/mol. The third-order valence-electron chi connectivity index (χ3n) is 6.55. The van der Waals surface area contributed by atoms with E-state index in [-0.39, 0.29) is 37.9 Å². The van der Waals surface area contributed by atoms with Crippen LogP contribution in [0.1, 0.15) is 64.5 Å². The zero-order chi connectivity index (χ0) is 25.8. The van der Waals surface area contributed by atoms with E-state index in [0.29, 0.717) is 6.42 Å². The minimum atomic E-state index is -0.943. The van der Waals surface area contributed by atoms with Gasteiger partial charge in [0.25, 0.3) is 0 Å². The lowest BCUT2D eigenvalue weighted by molar-refractivity contribution is -0.147. The van der Waals surface area contributed by atoms with Gasteiger partial charge in [-0.1, -0.05) is 62.4 Å². The van der Waals surface area contributed by atoms with E-state index in [1.807, 2.05) is 58.9 Å². The smallest absolute Gasteiger partial charge is 0.407 e. The molecule has 188 valence electrons. The monoisotopic (exact) mass is 480 g/mol. The fourth-order valence-electron chi connectivity index (χ4n) is 4.55. The molecule has 0 aromatic heterocycles. The maximum atomic E-state index is 13.2. The molecule has 0 saturated heterocycles. The van der Waals surface area contributed by atoms with Crippen molar-refractivity contribution in [2.75, 3.05) is 19.7 Å². The van der Waals surface area contributed by atoms with Gasteiger partial charge in [-0.15, -0.1) is 0 Å². The van der Waals surface area contributed by atoms with Crippen LogP contribution in [0.5, 0.6) is 0 Å². The van der Waals surface area contributed by atoms with E-state index in [1.165, 1.54) is 11.1 Å². The number of carbonyl (C=O) groups excluding carboxylic acids is 2. The van der Waals surface area contributed by atoms with Crippen LogP contribution in [0.4, 0.5) is 4.79 Å². The number of hydrogen-bond acceptors (Lipinski definition) is 4. The molecule has 0 fully saturated rings. The molecule has 0 aliphatic heterocycles. The molecule has 35 heavy (non-hydrogen) atoms. The molecule has 2 aromatic carbocycles. The van der Waals surface area contributed by atoms with Gasteiger partial charge in [-0.25, -0.2) is 4.79 Å². The first-order chi connectivity index (χ1) is 16.4. The first-order valence-corrected chi connectivity index (χ1v) is 12.0. The molecule has 0 unspecified atom stereocenters. The Bertz CT molecular complexity index is 1040. The number of carboxylic acids is 1. The first kappa shape index (κ1) is 26.3. The second-order valence-electron chi connectivity index (χ2n) is 10.7. The molecule has 7 nitrogen and oxygen atoms in total. The van der Waals surface area contributed by atoms with Gasteiger partial charge >= 0.3 is 12.1 Å². The first-order valence-electron chi connectivity index (χ1n) is 12.0.